The minimum atomic E-state index is 0.456. The molecule has 6 nitrogen and oxygen atoms in total. The highest BCUT2D eigenvalue weighted by Gasteiger charge is 2.20. The van der Waals surface area contributed by atoms with Gasteiger partial charge in [-0.1, -0.05) is 43.3 Å². The molecule has 0 saturated carbocycles. The fourth-order valence-electron chi connectivity index (χ4n) is 3.56. The molecule has 2 N–H and O–H groups in total. The minimum Gasteiger partial charge on any atom is -0.478 e. The van der Waals surface area contributed by atoms with E-state index in [0.29, 0.717) is 25.1 Å². The first-order valence-corrected chi connectivity index (χ1v) is 11.2. The van der Waals surface area contributed by atoms with Crippen molar-refractivity contribution in [2.75, 3.05) is 26.2 Å². The number of ether oxygens (including phenoxy) is 1. The van der Waals surface area contributed by atoms with Crippen LogP contribution in [0.25, 0.3) is 0 Å². The summed E-state index contributed by atoms with van der Waals surface area (Å²) in [6, 6.07) is 15.1. The molecule has 0 radical (unpaired) electrons. The van der Waals surface area contributed by atoms with Crippen LogP contribution in [0.2, 0.25) is 0 Å². The Hall–Kier alpha value is -2.60. The average molecular weight is 410 g/mol. The van der Waals surface area contributed by atoms with Gasteiger partial charge >= 0.3 is 0 Å². The van der Waals surface area contributed by atoms with Crippen molar-refractivity contribution in [2.45, 2.75) is 52.2 Å². The number of hydrogen-bond acceptors (Lipinski definition) is 4. The van der Waals surface area contributed by atoms with Crippen LogP contribution in [0.1, 0.15) is 44.2 Å². The largest absolute Gasteiger partial charge is 0.478 e. The number of nitrogens with zero attached hydrogens (tertiary/aromatic N) is 3. The minimum absolute atomic E-state index is 0.456. The number of guanidine groups is 1. The molecule has 2 heterocycles. The van der Waals surface area contributed by atoms with E-state index in [1.54, 1.807) is 0 Å². The lowest BCUT2D eigenvalue weighted by Gasteiger charge is -2.33. The molecule has 1 aliphatic heterocycles. The Kier molecular flexibility index (Phi) is 8.97. The molecule has 3 rings (SSSR count). The van der Waals surface area contributed by atoms with Crippen LogP contribution in [-0.2, 0) is 13.1 Å². The third-order valence-corrected chi connectivity index (χ3v) is 5.19. The fourth-order valence-corrected chi connectivity index (χ4v) is 3.56. The lowest BCUT2D eigenvalue weighted by atomic mass is 10.0. The van der Waals surface area contributed by atoms with Crippen molar-refractivity contribution in [1.82, 2.24) is 20.5 Å². The van der Waals surface area contributed by atoms with Crippen molar-refractivity contribution in [3.63, 3.8) is 0 Å². The van der Waals surface area contributed by atoms with E-state index in [9.17, 15) is 0 Å². The Labute approximate surface area is 180 Å². The van der Waals surface area contributed by atoms with Crippen LogP contribution >= 0.6 is 0 Å². The molecule has 162 valence electrons. The van der Waals surface area contributed by atoms with Crippen LogP contribution in [0.5, 0.6) is 5.88 Å². The Morgan fingerprint density at radius 1 is 1.10 bits per heavy atom. The number of benzene rings is 1. The summed E-state index contributed by atoms with van der Waals surface area (Å²) in [6.45, 7) is 9.58. The van der Waals surface area contributed by atoms with Gasteiger partial charge in [-0.2, -0.15) is 0 Å². The Bertz CT molecular complexity index is 755. The van der Waals surface area contributed by atoms with E-state index in [4.69, 9.17) is 9.73 Å². The van der Waals surface area contributed by atoms with E-state index in [1.165, 1.54) is 5.56 Å². The number of nitrogens with one attached hydrogen (secondary N) is 2. The summed E-state index contributed by atoms with van der Waals surface area (Å²) in [5.74, 6) is 1.56. The van der Waals surface area contributed by atoms with Crippen molar-refractivity contribution in [3.05, 3.63) is 59.8 Å². The number of aliphatic imine (C=N–C) groups is 1. The average Bonchev–Trinajstić information content (AvgIpc) is 2.79. The number of likely N-dealkylation sites (tertiary alicyclic amines) is 1. The normalized spacial score (nSPS) is 15.7. The first kappa shape index (κ1) is 22.1. The van der Waals surface area contributed by atoms with Gasteiger partial charge in [0.15, 0.2) is 5.96 Å². The topological polar surface area (TPSA) is 61.8 Å². The zero-order chi connectivity index (χ0) is 21.0. The molecular weight excluding hydrogens is 374 g/mol. The van der Waals surface area contributed by atoms with Crippen molar-refractivity contribution in [1.29, 1.82) is 0 Å². The standard InChI is InChI=1S/C24H35N5O/c1-3-16-30-23-11-10-21(17-26-23)18-27-24(25-4-2)28-22-12-14-29(15-13-22)19-20-8-6-5-7-9-20/h5-11,17,22H,3-4,12-16,18-19H2,1-2H3,(H2,25,27,28). The van der Waals surface area contributed by atoms with Gasteiger partial charge in [0, 0.05) is 44.5 Å². The first-order valence-electron chi connectivity index (χ1n) is 11.2. The molecule has 30 heavy (non-hydrogen) atoms. The lowest BCUT2D eigenvalue weighted by molar-refractivity contribution is 0.198. The highest BCUT2D eigenvalue weighted by atomic mass is 16.5. The molecule has 1 aromatic carbocycles. The summed E-state index contributed by atoms with van der Waals surface area (Å²) in [4.78, 5) is 11.7. The molecule has 6 heteroatoms. The predicted molar refractivity (Wildman–Crippen MR) is 123 cm³/mol. The number of hydrogen-bond donors (Lipinski definition) is 2. The first-order chi connectivity index (χ1) is 14.8. The number of pyridine rings is 1. The van der Waals surface area contributed by atoms with Crippen LogP contribution in [-0.4, -0.2) is 48.1 Å². The summed E-state index contributed by atoms with van der Waals surface area (Å²) in [5.41, 5.74) is 2.47. The zero-order valence-electron chi connectivity index (χ0n) is 18.3. The van der Waals surface area contributed by atoms with E-state index in [0.717, 1.165) is 57.0 Å². The molecule has 1 saturated heterocycles. The summed E-state index contributed by atoms with van der Waals surface area (Å²) >= 11 is 0. The summed E-state index contributed by atoms with van der Waals surface area (Å²) in [6.07, 6.45) is 5.08. The molecule has 1 fully saturated rings. The van der Waals surface area contributed by atoms with Gasteiger partial charge in [0.1, 0.15) is 0 Å². The molecule has 2 aromatic rings. The Morgan fingerprint density at radius 2 is 1.90 bits per heavy atom. The maximum absolute atomic E-state index is 5.55. The maximum Gasteiger partial charge on any atom is 0.213 e. The Balaban J connectivity index is 1.47. The summed E-state index contributed by atoms with van der Waals surface area (Å²) in [7, 11) is 0. The quantitative estimate of drug-likeness (QED) is 0.490. The molecule has 0 aliphatic carbocycles. The van der Waals surface area contributed by atoms with Gasteiger partial charge in [-0.3, -0.25) is 4.90 Å². The van der Waals surface area contributed by atoms with E-state index in [1.807, 2.05) is 18.3 Å². The zero-order valence-corrected chi connectivity index (χ0v) is 18.3. The van der Waals surface area contributed by atoms with Gasteiger partial charge < -0.3 is 15.4 Å². The molecule has 0 unspecified atom stereocenters. The van der Waals surface area contributed by atoms with Crippen molar-refractivity contribution < 1.29 is 4.74 Å². The molecule has 0 spiro atoms. The number of piperidine rings is 1. The van der Waals surface area contributed by atoms with E-state index >= 15 is 0 Å². The lowest BCUT2D eigenvalue weighted by Crippen LogP contribution is -2.48. The van der Waals surface area contributed by atoms with Crippen molar-refractivity contribution in [2.24, 2.45) is 4.99 Å². The molecular formula is C24H35N5O. The second kappa shape index (κ2) is 12.2. The smallest absolute Gasteiger partial charge is 0.213 e. The van der Waals surface area contributed by atoms with Crippen LogP contribution < -0.4 is 15.4 Å². The van der Waals surface area contributed by atoms with Crippen LogP contribution in [0.4, 0.5) is 0 Å². The molecule has 1 aliphatic rings. The molecule has 1 aromatic heterocycles. The molecule has 0 bridgehead atoms. The summed E-state index contributed by atoms with van der Waals surface area (Å²) < 4.78 is 5.55. The fraction of sp³-hybridized carbons (Fsp3) is 0.500. The van der Waals surface area contributed by atoms with Gasteiger partial charge in [0.05, 0.1) is 13.2 Å². The van der Waals surface area contributed by atoms with Crippen LogP contribution in [0.3, 0.4) is 0 Å². The van der Waals surface area contributed by atoms with Crippen LogP contribution in [0.15, 0.2) is 53.7 Å². The third kappa shape index (κ3) is 7.34. The molecule has 0 amide bonds. The van der Waals surface area contributed by atoms with Crippen LogP contribution in [0, 0.1) is 0 Å². The van der Waals surface area contributed by atoms with E-state index in [2.05, 4.69) is 64.7 Å². The van der Waals surface area contributed by atoms with Gasteiger partial charge in [0.2, 0.25) is 5.88 Å². The van der Waals surface area contributed by atoms with Gasteiger partial charge in [-0.15, -0.1) is 0 Å². The van der Waals surface area contributed by atoms with Gasteiger partial charge in [-0.25, -0.2) is 9.98 Å². The maximum atomic E-state index is 5.55. The SMILES string of the molecule is CCCOc1ccc(CN=C(NCC)NC2CCN(Cc3ccccc3)CC2)cn1. The number of aromatic nitrogens is 1. The molecule has 0 atom stereocenters. The van der Waals surface area contributed by atoms with Crippen molar-refractivity contribution >= 4 is 5.96 Å². The highest BCUT2D eigenvalue weighted by Crippen LogP contribution is 2.14. The second-order valence-corrected chi connectivity index (χ2v) is 7.73. The third-order valence-electron chi connectivity index (χ3n) is 5.19. The summed E-state index contributed by atoms with van der Waals surface area (Å²) in [5, 5.41) is 6.99. The van der Waals surface area contributed by atoms with Gasteiger partial charge in [0.25, 0.3) is 0 Å². The highest BCUT2D eigenvalue weighted by molar-refractivity contribution is 5.80. The van der Waals surface area contributed by atoms with Gasteiger partial charge in [-0.05, 0) is 37.3 Å². The van der Waals surface area contributed by atoms with E-state index < -0.39 is 0 Å². The second-order valence-electron chi connectivity index (χ2n) is 7.73. The predicted octanol–water partition coefficient (Wildman–Crippen LogP) is 3.59. The Morgan fingerprint density at radius 3 is 2.57 bits per heavy atom. The number of rotatable bonds is 9. The van der Waals surface area contributed by atoms with Crippen molar-refractivity contribution in [3.8, 4) is 5.88 Å². The van der Waals surface area contributed by atoms with E-state index in [-0.39, 0.29) is 0 Å². The monoisotopic (exact) mass is 409 g/mol.